The molecule has 0 aliphatic carbocycles. The number of aromatic amines is 1. The van der Waals surface area contributed by atoms with Gasteiger partial charge in [-0.15, -0.1) is 0 Å². The Morgan fingerprint density at radius 3 is 2.78 bits per heavy atom. The maximum Gasteiger partial charge on any atom is 0.328 e. The largest absolute Gasteiger partial charge is 0.394 e. The number of H-pyrrole nitrogens is 1. The third-order valence-corrected chi connectivity index (χ3v) is 3.36. The SMILES string of the molecule is C[C@@]1(n2ccc(=S)[nH]c2=O)O[C@H](CO)[C@@H](O)[C@H]1O. The molecule has 1 aromatic rings. The molecule has 0 saturated carbocycles. The zero-order chi connectivity index (χ0) is 13.5. The lowest BCUT2D eigenvalue weighted by Crippen LogP contribution is -2.48. The van der Waals surface area contributed by atoms with Gasteiger partial charge in [0.15, 0.2) is 5.72 Å². The number of aliphatic hydroxyl groups is 3. The van der Waals surface area contributed by atoms with Crippen LogP contribution in [0.15, 0.2) is 17.1 Å². The van der Waals surface area contributed by atoms with E-state index in [1.807, 2.05) is 0 Å². The molecular weight excluding hydrogens is 260 g/mol. The van der Waals surface area contributed by atoms with E-state index in [2.05, 4.69) is 4.98 Å². The molecule has 4 atom stereocenters. The van der Waals surface area contributed by atoms with Gasteiger partial charge < -0.3 is 20.1 Å². The van der Waals surface area contributed by atoms with Crippen LogP contribution in [-0.4, -0.2) is 49.8 Å². The fourth-order valence-electron chi connectivity index (χ4n) is 2.08. The van der Waals surface area contributed by atoms with Crippen LogP contribution in [0.4, 0.5) is 0 Å². The van der Waals surface area contributed by atoms with E-state index in [9.17, 15) is 15.0 Å². The Hall–Kier alpha value is -1.06. The van der Waals surface area contributed by atoms with Gasteiger partial charge >= 0.3 is 5.69 Å². The van der Waals surface area contributed by atoms with Crippen molar-refractivity contribution in [3.63, 3.8) is 0 Å². The van der Waals surface area contributed by atoms with E-state index in [1.165, 1.54) is 19.2 Å². The second-order valence-corrected chi connectivity index (χ2v) is 4.75. The fourth-order valence-corrected chi connectivity index (χ4v) is 2.23. The molecule has 4 N–H and O–H groups in total. The Kier molecular flexibility index (Phi) is 3.39. The van der Waals surface area contributed by atoms with Gasteiger partial charge in [0.2, 0.25) is 0 Å². The molecule has 100 valence electrons. The molecule has 0 unspecified atom stereocenters. The average molecular weight is 274 g/mol. The van der Waals surface area contributed by atoms with Crippen molar-refractivity contribution in [3.05, 3.63) is 27.4 Å². The van der Waals surface area contributed by atoms with E-state index in [0.29, 0.717) is 0 Å². The van der Waals surface area contributed by atoms with Crippen molar-refractivity contribution >= 4 is 12.2 Å². The zero-order valence-electron chi connectivity index (χ0n) is 9.61. The summed E-state index contributed by atoms with van der Waals surface area (Å²) in [5, 5.41) is 28.7. The van der Waals surface area contributed by atoms with Gasteiger partial charge in [-0.3, -0.25) is 9.55 Å². The summed E-state index contributed by atoms with van der Waals surface area (Å²) in [6.45, 7) is 1.00. The van der Waals surface area contributed by atoms with Gasteiger partial charge in [-0.25, -0.2) is 4.79 Å². The highest BCUT2D eigenvalue weighted by Gasteiger charge is 2.52. The number of aliphatic hydroxyl groups excluding tert-OH is 3. The molecule has 0 amide bonds. The van der Waals surface area contributed by atoms with Gasteiger partial charge in [-0.1, -0.05) is 12.2 Å². The van der Waals surface area contributed by atoms with Crippen LogP contribution in [0, 0.1) is 4.64 Å². The average Bonchev–Trinajstić information content (AvgIpc) is 2.54. The maximum absolute atomic E-state index is 11.8. The van der Waals surface area contributed by atoms with Crippen LogP contribution < -0.4 is 5.69 Å². The smallest absolute Gasteiger partial charge is 0.328 e. The van der Waals surface area contributed by atoms with Crippen molar-refractivity contribution in [2.45, 2.75) is 31.0 Å². The Morgan fingerprint density at radius 1 is 1.61 bits per heavy atom. The van der Waals surface area contributed by atoms with Crippen molar-refractivity contribution in [2.75, 3.05) is 6.61 Å². The Labute approximate surface area is 107 Å². The third-order valence-electron chi connectivity index (χ3n) is 3.13. The molecule has 0 aromatic carbocycles. The van der Waals surface area contributed by atoms with Crippen LogP contribution >= 0.6 is 12.2 Å². The molecule has 1 fully saturated rings. The molecule has 1 aromatic heterocycles. The summed E-state index contributed by atoms with van der Waals surface area (Å²) in [6, 6.07) is 1.47. The van der Waals surface area contributed by atoms with Gasteiger partial charge in [0.25, 0.3) is 0 Å². The molecular formula is C10H14N2O5S. The molecule has 1 aliphatic heterocycles. The van der Waals surface area contributed by atoms with Gasteiger partial charge in [-0.2, -0.15) is 0 Å². The standard InChI is InChI=1S/C10H14N2O5S/c1-10(8(15)7(14)5(4-13)17-10)12-3-2-6(18)11-9(12)16/h2-3,5,7-8,13-15H,4H2,1H3,(H,11,16,18)/t5-,7-,8-,10-/m1/s1. The monoisotopic (exact) mass is 274 g/mol. The minimum atomic E-state index is -1.45. The number of ether oxygens (including phenoxy) is 1. The highest BCUT2D eigenvalue weighted by atomic mass is 32.1. The molecule has 2 heterocycles. The van der Waals surface area contributed by atoms with E-state index in [0.717, 1.165) is 4.57 Å². The van der Waals surface area contributed by atoms with Crippen molar-refractivity contribution in [2.24, 2.45) is 0 Å². The van der Waals surface area contributed by atoms with Gasteiger partial charge in [-0.05, 0) is 13.0 Å². The van der Waals surface area contributed by atoms with E-state index in [1.54, 1.807) is 0 Å². The van der Waals surface area contributed by atoms with Crippen molar-refractivity contribution in [1.29, 1.82) is 0 Å². The lowest BCUT2D eigenvalue weighted by atomic mass is 10.0. The summed E-state index contributed by atoms with van der Waals surface area (Å²) >= 11 is 4.81. The first kappa shape index (κ1) is 13.4. The number of rotatable bonds is 2. The first-order valence-electron chi connectivity index (χ1n) is 5.37. The van der Waals surface area contributed by atoms with Gasteiger partial charge in [0, 0.05) is 6.20 Å². The highest BCUT2D eigenvalue weighted by Crippen LogP contribution is 2.33. The molecule has 0 radical (unpaired) electrons. The number of nitrogens with one attached hydrogen (secondary N) is 1. The normalized spacial score (nSPS) is 35.9. The number of aromatic nitrogens is 2. The number of nitrogens with zero attached hydrogens (tertiary/aromatic N) is 1. The predicted molar refractivity (Wildman–Crippen MR) is 63.5 cm³/mol. The first-order valence-corrected chi connectivity index (χ1v) is 5.78. The molecule has 2 rings (SSSR count). The molecule has 0 bridgehead atoms. The van der Waals surface area contributed by atoms with Crippen molar-refractivity contribution in [3.8, 4) is 0 Å². The van der Waals surface area contributed by atoms with Crippen molar-refractivity contribution < 1.29 is 20.1 Å². The van der Waals surface area contributed by atoms with Crippen LogP contribution in [0.25, 0.3) is 0 Å². The van der Waals surface area contributed by atoms with Gasteiger partial charge in [0.05, 0.1) is 6.61 Å². The van der Waals surface area contributed by atoms with Crippen LogP contribution in [-0.2, 0) is 10.5 Å². The second-order valence-electron chi connectivity index (χ2n) is 4.31. The topological polar surface area (TPSA) is 108 Å². The Morgan fingerprint density at radius 2 is 2.28 bits per heavy atom. The number of hydrogen-bond acceptors (Lipinski definition) is 6. The molecule has 0 spiro atoms. The molecule has 8 heteroatoms. The van der Waals surface area contributed by atoms with Crippen LogP contribution in [0.3, 0.4) is 0 Å². The fraction of sp³-hybridized carbons (Fsp3) is 0.600. The predicted octanol–water partition coefficient (Wildman–Crippen LogP) is -1.31. The molecule has 1 saturated heterocycles. The Balaban J connectivity index is 2.49. The summed E-state index contributed by atoms with van der Waals surface area (Å²) in [5.41, 5.74) is -2.02. The van der Waals surface area contributed by atoms with Gasteiger partial charge in [0.1, 0.15) is 23.0 Å². The zero-order valence-corrected chi connectivity index (χ0v) is 10.4. The number of hydrogen-bond donors (Lipinski definition) is 4. The van der Waals surface area contributed by atoms with E-state index >= 15 is 0 Å². The lowest BCUT2D eigenvalue weighted by molar-refractivity contribution is -0.137. The quantitative estimate of drug-likeness (QED) is 0.499. The van der Waals surface area contributed by atoms with Crippen molar-refractivity contribution in [1.82, 2.24) is 9.55 Å². The molecule has 1 aliphatic rings. The minimum absolute atomic E-state index is 0.256. The second kappa shape index (κ2) is 4.56. The maximum atomic E-state index is 11.8. The summed E-state index contributed by atoms with van der Waals surface area (Å²) in [7, 11) is 0. The summed E-state index contributed by atoms with van der Waals surface area (Å²) in [4.78, 5) is 14.2. The summed E-state index contributed by atoms with van der Waals surface area (Å²) in [6.07, 6.45) is -2.18. The highest BCUT2D eigenvalue weighted by molar-refractivity contribution is 7.71. The minimum Gasteiger partial charge on any atom is -0.394 e. The van der Waals surface area contributed by atoms with E-state index < -0.39 is 36.3 Å². The lowest BCUT2D eigenvalue weighted by Gasteiger charge is -2.29. The first-order chi connectivity index (χ1) is 8.40. The van der Waals surface area contributed by atoms with Crippen LogP contribution in [0.1, 0.15) is 6.92 Å². The molecule has 18 heavy (non-hydrogen) atoms. The van der Waals surface area contributed by atoms with E-state index in [-0.39, 0.29) is 4.64 Å². The third kappa shape index (κ3) is 1.91. The summed E-state index contributed by atoms with van der Waals surface area (Å²) < 4.78 is 6.75. The van der Waals surface area contributed by atoms with Crippen LogP contribution in [0.2, 0.25) is 0 Å². The van der Waals surface area contributed by atoms with Crippen LogP contribution in [0.5, 0.6) is 0 Å². The molecule has 7 nitrogen and oxygen atoms in total. The summed E-state index contributed by atoms with van der Waals surface area (Å²) in [5.74, 6) is 0. The Bertz CT molecular complexity index is 556. The van der Waals surface area contributed by atoms with E-state index in [4.69, 9.17) is 22.1 Å².